The maximum absolute atomic E-state index is 11.7. The highest BCUT2D eigenvalue weighted by atomic mass is 16.7. The Morgan fingerprint density at radius 2 is 2.00 bits per heavy atom. The molecule has 1 N–H and O–H groups in total. The van der Waals surface area contributed by atoms with Crippen LogP contribution in [0.5, 0.6) is 0 Å². The number of hydrogen-bond donors (Lipinski definition) is 1. The van der Waals surface area contributed by atoms with Crippen molar-refractivity contribution in [3.63, 3.8) is 0 Å². The van der Waals surface area contributed by atoms with Crippen LogP contribution in [0.3, 0.4) is 0 Å². The fourth-order valence-corrected chi connectivity index (χ4v) is 1.84. The average molecular weight is 317 g/mol. The van der Waals surface area contributed by atoms with Gasteiger partial charge in [0.05, 0.1) is 13.2 Å². The highest BCUT2D eigenvalue weighted by Crippen LogP contribution is 2.19. The summed E-state index contributed by atoms with van der Waals surface area (Å²) in [7, 11) is 0. The van der Waals surface area contributed by atoms with E-state index < -0.39 is 23.7 Å². The Morgan fingerprint density at radius 3 is 2.55 bits per heavy atom. The summed E-state index contributed by atoms with van der Waals surface area (Å²) in [5.74, 6) is -0.0410. The van der Waals surface area contributed by atoms with Crippen molar-refractivity contribution in [1.29, 1.82) is 0 Å². The Hall–Kier alpha value is -1.34. The minimum Gasteiger partial charge on any atom is -0.462 e. The Kier molecular flexibility index (Phi) is 7.09. The van der Waals surface area contributed by atoms with Gasteiger partial charge in [0.15, 0.2) is 6.29 Å². The SMILES string of the molecule is CC(NC(=O)OC(C)(C)C)C(=O)OCCOC1C[C@@H](C)CO1. The third-order valence-electron chi connectivity index (χ3n) is 2.88. The molecule has 1 heterocycles. The topological polar surface area (TPSA) is 83.1 Å². The van der Waals surface area contributed by atoms with E-state index >= 15 is 0 Å². The van der Waals surface area contributed by atoms with Gasteiger partial charge in [-0.25, -0.2) is 9.59 Å². The summed E-state index contributed by atoms with van der Waals surface area (Å²) in [6, 6.07) is -0.780. The molecule has 1 aliphatic heterocycles. The summed E-state index contributed by atoms with van der Waals surface area (Å²) in [6.45, 7) is 9.95. The second-order valence-corrected chi connectivity index (χ2v) is 6.51. The second-order valence-electron chi connectivity index (χ2n) is 6.51. The monoisotopic (exact) mass is 317 g/mol. The molecule has 0 saturated carbocycles. The van der Waals surface area contributed by atoms with Gasteiger partial charge in [0.2, 0.25) is 0 Å². The van der Waals surface area contributed by atoms with Crippen LogP contribution >= 0.6 is 0 Å². The first-order chi connectivity index (χ1) is 10.2. The summed E-state index contributed by atoms with van der Waals surface area (Å²) in [4.78, 5) is 23.2. The Morgan fingerprint density at radius 1 is 1.32 bits per heavy atom. The number of alkyl carbamates (subject to hydrolysis) is 1. The molecule has 0 aromatic heterocycles. The van der Waals surface area contributed by atoms with Crippen molar-refractivity contribution in [2.24, 2.45) is 5.92 Å². The van der Waals surface area contributed by atoms with Crippen LogP contribution in [0.25, 0.3) is 0 Å². The molecule has 0 bridgehead atoms. The van der Waals surface area contributed by atoms with Gasteiger partial charge in [-0.1, -0.05) is 6.92 Å². The lowest BCUT2D eigenvalue weighted by Crippen LogP contribution is -2.42. The van der Waals surface area contributed by atoms with Crippen LogP contribution in [0.2, 0.25) is 0 Å². The molecule has 7 nitrogen and oxygen atoms in total. The number of ether oxygens (including phenoxy) is 4. The van der Waals surface area contributed by atoms with Crippen molar-refractivity contribution in [2.45, 2.75) is 59.0 Å². The average Bonchev–Trinajstić information content (AvgIpc) is 2.77. The first-order valence-electron chi connectivity index (χ1n) is 7.56. The minimum atomic E-state index is -0.780. The molecule has 22 heavy (non-hydrogen) atoms. The highest BCUT2D eigenvalue weighted by molar-refractivity contribution is 5.80. The summed E-state index contributed by atoms with van der Waals surface area (Å²) >= 11 is 0. The van der Waals surface area contributed by atoms with Crippen LogP contribution in [-0.4, -0.2) is 49.8 Å². The van der Waals surface area contributed by atoms with E-state index in [4.69, 9.17) is 18.9 Å². The Bertz CT molecular complexity index is 379. The van der Waals surface area contributed by atoms with Gasteiger partial charge >= 0.3 is 12.1 Å². The number of carbonyl (C=O) groups is 2. The molecule has 128 valence electrons. The lowest BCUT2D eigenvalue weighted by Gasteiger charge is -2.21. The van der Waals surface area contributed by atoms with Crippen molar-refractivity contribution in [3.8, 4) is 0 Å². The molecule has 0 aromatic carbocycles. The molecule has 1 fully saturated rings. The van der Waals surface area contributed by atoms with Gasteiger partial charge in [-0.15, -0.1) is 0 Å². The molecule has 1 amide bonds. The van der Waals surface area contributed by atoms with Crippen molar-refractivity contribution in [2.75, 3.05) is 19.8 Å². The van der Waals surface area contributed by atoms with Crippen LogP contribution < -0.4 is 5.32 Å². The van der Waals surface area contributed by atoms with E-state index in [1.807, 2.05) is 0 Å². The van der Waals surface area contributed by atoms with E-state index in [2.05, 4.69) is 12.2 Å². The van der Waals surface area contributed by atoms with E-state index in [0.717, 1.165) is 6.42 Å². The van der Waals surface area contributed by atoms with Crippen LogP contribution in [0.1, 0.15) is 41.0 Å². The molecule has 0 spiro atoms. The van der Waals surface area contributed by atoms with E-state index in [1.165, 1.54) is 6.92 Å². The maximum Gasteiger partial charge on any atom is 0.408 e. The smallest absolute Gasteiger partial charge is 0.408 e. The zero-order valence-corrected chi connectivity index (χ0v) is 14.0. The minimum absolute atomic E-state index is 0.118. The maximum atomic E-state index is 11.7. The Balaban J connectivity index is 2.14. The fourth-order valence-electron chi connectivity index (χ4n) is 1.84. The summed E-state index contributed by atoms with van der Waals surface area (Å²) in [5, 5.41) is 2.42. The molecule has 1 aliphatic rings. The predicted molar refractivity (Wildman–Crippen MR) is 79.3 cm³/mol. The first kappa shape index (κ1) is 18.7. The largest absolute Gasteiger partial charge is 0.462 e. The van der Waals surface area contributed by atoms with Gasteiger partial charge in [-0.05, 0) is 33.6 Å². The van der Waals surface area contributed by atoms with Crippen LogP contribution in [-0.2, 0) is 23.7 Å². The number of rotatable bonds is 6. The van der Waals surface area contributed by atoms with E-state index in [-0.39, 0.29) is 19.5 Å². The van der Waals surface area contributed by atoms with Crippen molar-refractivity contribution < 1.29 is 28.5 Å². The molecule has 3 atom stereocenters. The van der Waals surface area contributed by atoms with Crippen molar-refractivity contribution in [1.82, 2.24) is 5.32 Å². The predicted octanol–water partition coefficient (Wildman–Crippen LogP) is 1.84. The third kappa shape index (κ3) is 7.61. The summed E-state index contributed by atoms with van der Waals surface area (Å²) in [6.07, 6.45) is -0.0163. The highest BCUT2D eigenvalue weighted by Gasteiger charge is 2.23. The number of nitrogens with one attached hydrogen (secondary N) is 1. The van der Waals surface area contributed by atoms with Crippen LogP contribution in [0, 0.1) is 5.92 Å². The van der Waals surface area contributed by atoms with Crippen molar-refractivity contribution in [3.05, 3.63) is 0 Å². The number of carbonyl (C=O) groups excluding carboxylic acids is 2. The lowest BCUT2D eigenvalue weighted by atomic mass is 10.1. The molecule has 0 radical (unpaired) electrons. The number of esters is 1. The second kappa shape index (κ2) is 8.33. The Labute approximate surface area is 131 Å². The molecule has 0 aromatic rings. The van der Waals surface area contributed by atoms with Gasteiger partial charge in [-0.2, -0.15) is 0 Å². The zero-order chi connectivity index (χ0) is 16.8. The molecule has 1 rings (SSSR count). The molecule has 2 unspecified atom stereocenters. The number of amides is 1. The third-order valence-corrected chi connectivity index (χ3v) is 2.88. The van der Waals surface area contributed by atoms with Crippen molar-refractivity contribution >= 4 is 12.1 Å². The fraction of sp³-hybridized carbons (Fsp3) is 0.867. The van der Waals surface area contributed by atoms with Gasteiger partial charge in [0.1, 0.15) is 18.2 Å². The molecule has 0 aliphatic carbocycles. The van der Waals surface area contributed by atoms with E-state index in [0.29, 0.717) is 12.5 Å². The standard InChI is InChI=1S/C15H27NO6/c1-10-8-12(21-9-10)19-6-7-20-13(17)11(2)16-14(18)22-15(3,4)5/h10-12H,6-9H2,1-5H3,(H,16,18)/t10-,11?,12?/m1/s1. The molecular weight excluding hydrogens is 290 g/mol. The van der Waals surface area contributed by atoms with Crippen LogP contribution in [0.4, 0.5) is 4.79 Å². The van der Waals surface area contributed by atoms with Crippen LogP contribution in [0.15, 0.2) is 0 Å². The van der Waals surface area contributed by atoms with Gasteiger partial charge in [-0.3, -0.25) is 0 Å². The normalized spacial score (nSPS) is 23.0. The summed E-state index contributed by atoms with van der Waals surface area (Å²) < 4.78 is 20.9. The summed E-state index contributed by atoms with van der Waals surface area (Å²) in [5.41, 5.74) is -0.611. The number of hydrogen-bond acceptors (Lipinski definition) is 6. The van der Waals surface area contributed by atoms with Gasteiger partial charge in [0, 0.05) is 6.42 Å². The lowest BCUT2D eigenvalue weighted by molar-refractivity contribution is -0.154. The zero-order valence-electron chi connectivity index (χ0n) is 14.0. The quantitative estimate of drug-likeness (QED) is 0.594. The van der Waals surface area contributed by atoms with Gasteiger partial charge in [0.25, 0.3) is 0 Å². The molecule has 7 heteroatoms. The molecular formula is C15H27NO6. The van der Waals surface area contributed by atoms with Gasteiger partial charge < -0.3 is 24.3 Å². The molecule has 1 saturated heterocycles. The van der Waals surface area contributed by atoms with E-state index in [9.17, 15) is 9.59 Å². The van der Waals surface area contributed by atoms with E-state index in [1.54, 1.807) is 20.8 Å². The first-order valence-corrected chi connectivity index (χ1v) is 7.56.